The summed E-state index contributed by atoms with van der Waals surface area (Å²) < 4.78 is 10.8. The van der Waals surface area contributed by atoms with Gasteiger partial charge in [0.15, 0.2) is 0 Å². The Morgan fingerprint density at radius 1 is 1.38 bits per heavy atom. The lowest BCUT2D eigenvalue weighted by atomic mass is 10.2. The highest BCUT2D eigenvalue weighted by atomic mass is 16.5. The number of ether oxygens (including phenoxy) is 2. The Bertz CT molecular complexity index is 573. The van der Waals surface area contributed by atoms with Crippen molar-refractivity contribution >= 4 is 11.8 Å². The van der Waals surface area contributed by atoms with Crippen LogP contribution < -0.4 is 15.0 Å². The van der Waals surface area contributed by atoms with E-state index in [0.717, 1.165) is 56.5 Å². The molecule has 24 heavy (non-hydrogen) atoms. The molecule has 7 nitrogen and oxygen atoms in total. The summed E-state index contributed by atoms with van der Waals surface area (Å²) in [6.07, 6.45) is 0. The van der Waals surface area contributed by atoms with Crippen molar-refractivity contribution in [2.24, 2.45) is 0 Å². The second-order valence-electron chi connectivity index (χ2n) is 6.11. The smallest absolute Gasteiger partial charge is 0.323 e. The monoisotopic (exact) mass is 334 g/mol. The summed E-state index contributed by atoms with van der Waals surface area (Å²) in [4.78, 5) is 21.0. The quantitative estimate of drug-likeness (QED) is 0.811. The summed E-state index contributed by atoms with van der Waals surface area (Å²) in [7, 11) is 0. The topological polar surface area (TPSA) is 66.9 Å². The molecule has 0 amide bonds. The Morgan fingerprint density at radius 2 is 2.17 bits per heavy atom. The first-order valence-electron chi connectivity index (χ1n) is 8.68. The van der Waals surface area contributed by atoms with Gasteiger partial charge in [-0.15, -0.1) is 0 Å². The van der Waals surface area contributed by atoms with Gasteiger partial charge in [0.25, 0.3) is 0 Å². The van der Waals surface area contributed by atoms with Crippen LogP contribution in [0.15, 0.2) is 12.1 Å². The van der Waals surface area contributed by atoms with Crippen LogP contribution in [0.3, 0.4) is 0 Å². The summed E-state index contributed by atoms with van der Waals surface area (Å²) in [6.45, 7) is 9.79. The largest absolute Gasteiger partial charge is 0.476 e. The fraction of sp³-hybridized carbons (Fsp3) is 0.647. The standard InChI is InChI=1S/C17H26N4O3/c1-3-23-17(22)13(2)20-7-9-21(10-8-20)15-5-4-14-12-18-6-11-24-16(14)19-15/h4-5,13,18H,3,6-12H2,1-2H3/t13-/m1/s1. The number of hydrogen-bond donors (Lipinski definition) is 1. The number of carbonyl (C=O) groups excluding carboxylic acids is 1. The van der Waals surface area contributed by atoms with Crippen molar-refractivity contribution in [2.45, 2.75) is 26.4 Å². The van der Waals surface area contributed by atoms with E-state index in [2.05, 4.69) is 32.2 Å². The van der Waals surface area contributed by atoms with E-state index in [-0.39, 0.29) is 12.0 Å². The van der Waals surface area contributed by atoms with E-state index < -0.39 is 0 Å². The molecular weight excluding hydrogens is 308 g/mol. The molecule has 1 aromatic heterocycles. The van der Waals surface area contributed by atoms with Crippen LogP contribution in [0.1, 0.15) is 19.4 Å². The van der Waals surface area contributed by atoms with Gasteiger partial charge < -0.3 is 19.7 Å². The van der Waals surface area contributed by atoms with Gasteiger partial charge >= 0.3 is 5.97 Å². The van der Waals surface area contributed by atoms with E-state index in [9.17, 15) is 4.79 Å². The van der Waals surface area contributed by atoms with Crippen molar-refractivity contribution in [2.75, 3.05) is 50.8 Å². The first-order valence-corrected chi connectivity index (χ1v) is 8.68. The number of fused-ring (bicyclic) bond motifs is 1. The number of piperazine rings is 1. The predicted octanol–water partition coefficient (Wildman–Crippen LogP) is 0.637. The Labute approximate surface area is 142 Å². The lowest BCUT2D eigenvalue weighted by Gasteiger charge is -2.37. The molecule has 1 N–H and O–H groups in total. The molecule has 3 heterocycles. The van der Waals surface area contributed by atoms with Crippen LogP contribution in [0, 0.1) is 0 Å². The molecule has 2 aliphatic heterocycles. The van der Waals surface area contributed by atoms with Gasteiger partial charge in [-0.25, -0.2) is 0 Å². The van der Waals surface area contributed by atoms with E-state index in [0.29, 0.717) is 13.2 Å². The highest BCUT2D eigenvalue weighted by molar-refractivity contribution is 5.75. The molecule has 3 rings (SSSR count). The van der Waals surface area contributed by atoms with Crippen LogP contribution in [0.25, 0.3) is 0 Å². The summed E-state index contributed by atoms with van der Waals surface area (Å²) in [5.74, 6) is 1.54. The average molecular weight is 334 g/mol. The summed E-state index contributed by atoms with van der Waals surface area (Å²) in [6, 6.07) is 3.95. The lowest BCUT2D eigenvalue weighted by Crippen LogP contribution is -2.52. The Balaban J connectivity index is 1.60. The van der Waals surface area contributed by atoms with Crippen LogP contribution in [0.2, 0.25) is 0 Å². The van der Waals surface area contributed by atoms with E-state index in [4.69, 9.17) is 9.47 Å². The third-order valence-electron chi connectivity index (χ3n) is 4.57. The second-order valence-corrected chi connectivity index (χ2v) is 6.11. The van der Waals surface area contributed by atoms with Gasteiger partial charge in [-0.05, 0) is 26.0 Å². The van der Waals surface area contributed by atoms with Crippen molar-refractivity contribution in [3.05, 3.63) is 17.7 Å². The maximum Gasteiger partial charge on any atom is 0.323 e. The first-order chi connectivity index (χ1) is 11.7. The van der Waals surface area contributed by atoms with Crippen LogP contribution in [0.5, 0.6) is 5.88 Å². The van der Waals surface area contributed by atoms with Gasteiger partial charge in [0.1, 0.15) is 18.5 Å². The second kappa shape index (κ2) is 7.81. The number of rotatable bonds is 4. The summed E-state index contributed by atoms with van der Waals surface area (Å²) in [5.41, 5.74) is 1.10. The molecule has 1 fully saturated rings. The molecule has 0 radical (unpaired) electrons. The lowest BCUT2D eigenvalue weighted by molar-refractivity contribution is -0.149. The number of aromatic nitrogens is 1. The van der Waals surface area contributed by atoms with E-state index >= 15 is 0 Å². The van der Waals surface area contributed by atoms with Crippen LogP contribution in [-0.2, 0) is 16.1 Å². The molecular formula is C17H26N4O3. The average Bonchev–Trinajstić information content (AvgIpc) is 2.86. The van der Waals surface area contributed by atoms with Gasteiger partial charge in [-0.2, -0.15) is 4.98 Å². The molecule has 2 aliphatic rings. The number of anilines is 1. The molecule has 1 atom stereocenters. The molecule has 0 unspecified atom stereocenters. The first kappa shape index (κ1) is 17.0. The fourth-order valence-electron chi connectivity index (χ4n) is 3.09. The van der Waals surface area contributed by atoms with E-state index in [1.807, 2.05) is 13.8 Å². The minimum atomic E-state index is -0.193. The maximum atomic E-state index is 11.9. The highest BCUT2D eigenvalue weighted by Gasteiger charge is 2.27. The molecule has 0 aromatic carbocycles. The third kappa shape index (κ3) is 3.79. The predicted molar refractivity (Wildman–Crippen MR) is 91.3 cm³/mol. The van der Waals surface area contributed by atoms with Crippen molar-refractivity contribution in [1.82, 2.24) is 15.2 Å². The van der Waals surface area contributed by atoms with E-state index in [1.165, 1.54) is 0 Å². The Hall–Kier alpha value is -1.86. The number of carbonyl (C=O) groups is 1. The molecule has 0 saturated carbocycles. The maximum absolute atomic E-state index is 11.9. The number of hydrogen-bond acceptors (Lipinski definition) is 7. The normalized spacial score (nSPS) is 19.8. The molecule has 1 aromatic rings. The molecule has 1 saturated heterocycles. The third-order valence-corrected chi connectivity index (χ3v) is 4.57. The number of pyridine rings is 1. The highest BCUT2D eigenvalue weighted by Crippen LogP contribution is 2.23. The van der Waals surface area contributed by atoms with Gasteiger partial charge in [0.2, 0.25) is 5.88 Å². The van der Waals surface area contributed by atoms with Crippen LogP contribution >= 0.6 is 0 Å². The summed E-state index contributed by atoms with van der Waals surface area (Å²) >= 11 is 0. The molecule has 0 aliphatic carbocycles. The number of esters is 1. The van der Waals surface area contributed by atoms with Crippen molar-refractivity contribution in [3.63, 3.8) is 0 Å². The van der Waals surface area contributed by atoms with Gasteiger partial charge in [0, 0.05) is 44.8 Å². The molecule has 0 bridgehead atoms. The minimum Gasteiger partial charge on any atom is -0.476 e. The number of nitrogens with zero attached hydrogens (tertiary/aromatic N) is 3. The van der Waals surface area contributed by atoms with Crippen LogP contribution in [0.4, 0.5) is 5.82 Å². The van der Waals surface area contributed by atoms with Gasteiger partial charge in [-0.1, -0.05) is 0 Å². The fourth-order valence-corrected chi connectivity index (χ4v) is 3.09. The van der Waals surface area contributed by atoms with Gasteiger partial charge in [-0.3, -0.25) is 9.69 Å². The minimum absolute atomic E-state index is 0.144. The van der Waals surface area contributed by atoms with Gasteiger partial charge in [0.05, 0.1) is 6.61 Å². The Morgan fingerprint density at radius 3 is 2.92 bits per heavy atom. The summed E-state index contributed by atoms with van der Waals surface area (Å²) in [5, 5.41) is 3.31. The SMILES string of the molecule is CCOC(=O)[C@@H](C)N1CCN(c2ccc3c(n2)OCCNC3)CC1. The molecule has 7 heteroatoms. The molecule has 132 valence electrons. The van der Waals surface area contributed by atoms with Crippen molar-refractivity contribution < 1.29 is 14.3 Å². The van der Waals surface area contributed by atoms with E-state index in [1.54, 1.807) is 0 Å². The Kier molecular flexibility index (Phi) is 5.52. The zero-order valence-electron chi connectivity index (χ0n) is 14.5. The van der Waals surface area contributed by atoms with Crippen molar-refractivity contribution in [1.29, 1.82) is 0 Å². The van der Waals surface area contributed by atoms with Crippen LogP contribution in [-0.4, -0.2) is 67.8 Å². The molecule has 0 spiro atoms. The zero-order valence-corrected chi connectivity index (χ0v) is 14.5. The zero-order chi connectivity index (χ0) is 16.9. The number of nitrogens with one attached hydrogen (secondary N) is 1. The van der Waals surface area contributed by atoms with Crippen molar-refractivity contribution in [3.8, 4) is 5.88 Å².